The van der Waals surface area contributed by atoms with E-state index in [4.69, 9.17) is 10.2 Å². The van der Waals surface area contributed by atoms with Crippen molar-refractivity contribution in [1.29, 1.82) is 0 Å². The average Bonchev–Trinajstić information content (AvgIpc) is 2.61. The predicted octanol–water partition coefficient (Wildman–Crippen LogP) is 1.69. The molecule has 0 atom stereocenters. The molecule has 0 fully saturated rings. The quantitative estimate of drug-likeness (QED) is 0.727. The average molecular weight is 181 g/mol. The molecule has 2 heterocycles. The number of nitrogens with zero attached hydrogens (tertiary/aromatic N) is 2. The molecule has 0 aliphatic carbocycles. The number of rotatable bonds is 1. The van der Waals surface area contributed by atoms with E-state index in [0.29, 0.717) is 5.76 Å². The first-order chi connectivity index (χ1) is 5.77. The van der Waals surface area contributed by atoms with E-state index in [0.717, 1.165) is 15.7 Å². The van der Waals surface area contributed by atoms with Crippen LogP contribution in [0, 0.1) is 6.92 Å². The van der Waals surface area contributed by atoms with Crippen molar-refractivity contribution < 1.29 is 4.42 Å². The van der Waals surface area contributed by atoms with Gasteiger partial charge in [-0.1, -0.05) is 11.3 Å². The smallest absolute Gasteiger partial charge is 0.183 e. The summed E-state index contributed by atoms with van der Waals surface area (Å²) >= 11 is 1.40. The molecule has 5 heteroatoms. The number of hydrogen-bond donors (Lipinski definition) is 1. The standard InChI is InChI=1S/C7H7N3OS/c1-4-6(8)12-7(10-4)5-2-9-3-11-5/h2-3H,8H2,1H3. The van der Waals surface area contributed by atoms with Crippen LogP contribution in [0.4, 0.5) is 5.00 Å². The van der Waals surface area contributed by atoms with Crippen molar-refractivity contribution in [1.82, 2.24) is 9.97 Å². The highest BCUT2D eigenvalue weighted by molar-refractivity contribution is 7.18. The number of anilines is 1. The minimum Gasteiger partial charge on any atom is -0.441 e. The van der Waals surface area contributed by atoms with E-state index in [1.54, 1.807) is 6.20 Å². The van der Waals surface area contributed by atoms with Gasteiger partial charge in [-0.3, -0.25) is 0 Å². The summed E-state index contributed by atoms with van der Waals surface area (Å²) in [5.41, 5.74) is 6.48. The second kappa shape index (κ2) is 2.60. The molecule has 2 N–H and O–H groups in total. The number of hydrogen-bond acceptors (Lipinski definition) is 5. The Morgan fingerprint density at radius 1 is 1.58 bits per heavy atom. The van der Waals surface area contributed by atoms with E-state index in [9.17, 15) is 0 Å². The number of nitrogens with two attached hydrogens (primary N) is 1. The van der Waals surface area contributed by atoms with Gasteiger partial charge in [-0.25, -0.2) is 9.97 Å². The summed E-state index contributed by atoms with van der Waals surface area (Å²) in [5, 5.41) is 1.50. The predicted molar refractivity (Wildman–Crippen MR) is 46.8 cm³/mol. The highest BCUT2D eigenvalue weighted by atomic mass is 32.1. The van der Waals surface area contributed by atoms with Crippen LogP contribution < -0.4 is 5.73 Å². The van der Waals surface area contributed by atoms with E-state index in [1.807, 2.05) is 6.92 Å². The zero-order valence-electron chi connectivity index (χ0n) is 6.44. The summed E-state index contributed by atoms with van der Waals surface area (Å²) in [6, 6.07) is 0. The summed E-state index contributed by atoms with van der Waals surface area (Å²) in [4.78, 5) is 8.01. The Bertz CT molecular complexity index is 360. The molecule has 62 valence electrons. The molecule has 0 saturated carbocycles. The maximum Gasteiger partial charge on any atom is 0.183 e. The van der Waals surface area contributed by atoms with Crippen LogP contribution in [0.5, 0.6) is 0 Å². The maximum atomic E-state index is 5.64. The van der Waals surface area contributed by atoms with Crippen LogP contribution in [0.15, 0.2) is 17.0 Å². The topological polar surface area (TPSA) is 64.9 Å². The number of oxazole rings is 1. The van der Waals surface area contributed by atoms with Gasteiger partial charge >= 0.3 is 0 Å². The first-order valence-corrected chi connectivity index (χ1v) is 4.21. The van der Waals surface area contributed by atoms with E-state index < -0.39 is 0 Å². The summed E-state index contributed by atoms with van der Waals surface area (Å²) in [6.07, 6.45) is 3.00. The van der Waals surface area contributed by atoms with Gasteiger partial charge in [0, 0.05) is 0 Å². The molecule has 4 nitrogen and oxygen atoms in total. The van der Waals surface area contributed by atoms with Gasteiger partial charge in [-0.15, -0.1) is 0 Å². The number of aryl methyl sites for hydroxylation is 1. The van der Waals surface area contributed by atoms with Gasteiger partial charge in [0.25, 0.3) is 0 Å². The van der Waals surface area contributed by atoms with Gasteiger partial charge in [0.05, 0.1) is 11.9 Å². The van der Waals surface area contributed by atoms with Crippen molar-refractivity contribution in [3.8, 4) is 10.8 Å². The van der Waals surface area contributed by atoms with E-state index >= 15 is 0 Å². The molecule has 0 spiro atoms. The Hall–Kier alpha value is -1.36. The SMILES string of the molecule is Cc1nc(-c2cnco2)sc1N. The molecule has 0 radical (unpaired) electrons. The molecule has 2 rings (SSSR count). The molecule has 0 amide bonds. The van der Waals surface area contributed by atoms with Crippen LogP contribution in [0.1, 0.15) is 5.69 Å². The largest absolute Gasteiger partial charge is 0.441 e. The van der Waals surface area contributed by atoms with Crippen LogP contribution >= 0.6 is 11.3 Å². The maximum absolute atomic E-state index is 5.64. The molecular formula is C7H7N3OS. The van der Waals surface area contributed by atoms with Gasteiger partial charge < -0.3 is 10.2 Å². The first-order valence-electron chi connectivity index (χ1n) is 3.39. The zero-order valence-corrected chi connectivity index (χ0v) is 7.26. The molecule has 0 unspecified atom stereocenters. The first kappa shape index (κ1) is 7.30. The van der Waals surface area contributed by atoms with Crippen molar-refractivity contribution in [3.05, 3.63) is 18.3 Å². The highest BCUT2D eigenvalue weighted by Gasteiger charge is 2.08. The summed E-state index contributed by atoms with van der Waals surface area (Å²) in [5.74, 6) is 0.666. The second-order valence-electron chi connectivity index (χ2n) is 2.33. The number of nitrogen functional groups attached to an aromatic ring is 1. The molecule has 0 aliphatic heterocycles. The van der Waals surface area contributed by atoms with Crippen LogP contribution in [0.2, 0.25) is 0 Å². The van der Waals surface area contributed by atoms with Gasteiger partial charge in [0.1, 0.15) is 5.00 Å². The second-order valence-corrected chi connectivity index (χ2v) is 3.37. The monoisotopic (exact) mass is 181 g/mol. The molecule has 0 aromatic carbocycles. The lowest BCUT2D eigenvalue weighted by molar-refractivity contribution is 0.571. The van der Waals surface area contributed by atoms with E-state index in [-0.39, 0.29) is 0 Å². The van der Waals surface area contributed by atoms with E-state index in [1.165, 1.54) is 17.7 Å². The molecule has 2 aromatic heterocycles. The van der Waals surface area contributed by atoms with Crippen LogP contribution in [0.25, 0.3) is 10.8 Å². The lowest BCUT2D eigenvalue weighted by Crippen LogP contribution is -1.81. The molecular weight excluding hydrogens is 174 g/mol. The summed E-state index contributed by atoms with van der Waals surface area (Å²) < 4.78 is 5.07. The Kier molecular flexibility index (Phi) is 1.58. The fourth-order valence-electron chi connectivity index (χ4n) is 0.835. The van der Waals surface area contributed by atoms with Crippen molar-refractivity contribution >= 4 is 16.3 Å². The third-order valence-electron chi connectivity index (χ3n) is 1.48. The fourth-order valence-corrected chi connectivity index (χ4v) is 1.62. The van der Waals surface area contributed by atoms with Crippen LogP contribution in [0.3, 0.4) is 0 Å². The Balaban J connectivity index is 2.48. The lowest BCUT2D eigenvalue weighted by Gasteiger charge is -1.82. The van der Waals surface area contributed by atoms with Crippen molar-refractivity contribution in [2.24, 2.45) is 0 Å². The number of thiazole rings is 1. The van der Waals surface area contributed by atoms with Crippen molar-refractivity contribution in [2.75, 3.05) is 5.73 Å². The molecule has 0 saturated heterocycles. The molecule has 0 bridgehead atoms. The summed E-state index contributed by atoms with van der Waals surface area (Å²) in [7, 11) is 0. The fraction of sp³-hybridized carbons (Fsp3) is 0.143. The minimum atomic E-state index is 0.666. The number of aromatic nitrogens is 2. The van der Waals surface area contributed by atoms with Crippen molar-refractivity contribution in [3.63, 3.8) is 0 Å². The zero-order chi connectivity index (χ0) is 8.55. The third-order valence-corrected chi connectivity index (χ3v) is 2.48. The molecule has 0 aliphatic rings. The Labute approximate surface area is 73.1 Å². The van der Waals surface area contributed by atoms with Gasteiger partial charge in [-0.2, -0.15) is 0 Å². The Morgan fingerprint density at radius 3 is 2.92 bits per heavy atom. The normalized spacial score (nSPS) is 10.4. The van der Waals surface area contributed by atoms with Crippen LogP contribution in [-0.2, 0) is 0 Å². The van der Waals surface area contributed by atoms with E-state index in [2.05, 4.69) is 9.97 Å². The summed E-state index contributed by atoms with van der Waals surface area (Å²) in [6.45, 7) is 1.87. The van der Waals surface area contributed by atoms with Gasteiger partial charge in [0.15, 0.2) is 17.2 Å². The lowest BCUT2D eigenvalue weighted by atomic mass is 10.5. The third kappa shape index (κ3) is 1.08. The van der Waals surface area contributed by atoms with Crippen LogP contribution in [-0.4, -0.2) is 9.97 Å². The van der Waals surface area contributed by atoms with Crippen molar-refractivity contribution in [2.45, 2.75) is 6.92 Å². The molecule has 2 aromatic rings. The van der Waals surface area contributed by atoms with Gasteiger partial charge in [0.2, 0.25) is 0 Å². The molecule has 12 heavy (non-hydrogen) atoms. The van der Waals surface area contributed by atoms with Gasteiger partial charge in [-0.05, 0) is 6.92 Å². The Morgan fingerprint density at radius 2 is 2.42 bits per heavy atom. The highest BCUT2D eigenvalue weighted by Crippen LogP contribution is 2.28. The minimum absolute atomic E-state index is 0.666.